The summed E-state index contributed by atoms with van der Waals surface area (Å²) in [6.07, 6.45) is 1.32. The maximum Gasteiger partial charge on any atom is 0.186 e. The van der Waals surface area contributed by atoms with Gasteiger partial charge in [0.05, 0.1) is 11.1 Å². The summed E-state index contributed by atoms with van der Waals surface area (Å²) in [5.41, 5.74) is 8.00. The molecule has 0 fully saturated rings. The SMILES string of the molecule is Cc1ccccc1Oc1ccc(-c2[nH]nc3ncnc(N)c23)c(F)c1. The Hall–Kier alpha value is -3.48. The lowest BCUT2D eigenvalue weighted by atomic mass is 10.1. The Morgan fingerprint density at radius 2 is 1.96 bits per heavy atom. The molecule has 0 saturated carbocycles. The Balaban J connectivity index is 1.74. The lowest BCUT2D eigenvalue weighted by Crippen LogP contribution is -1.94. The summed E-state index contributed by atoms with van der Waals surface area (Å²) in [6, 6.07) is 12.2. The summed E-state index contributed by atoms with van der Waals surface area (Å²) in [5, 5.41) is 7.32. The van der Waals surface area contributed by atoms with E-state index in [1.54, 1.807) is 12.1 Å². The number of fused-ring (bicyclic) bond motifs is 1. The van der Waals surface area contributed by atoms with Gasteiger partial charge in [0.15, 0.2) is 5.65 Å². The molecule has 2 heterocycles. The lowest BCUT2D eigenvalue weighted by Gasteiger charge is -2.10. The number of halogens is 1. The minimum absolute atomic E-state index is 0.244. The molecule has 0 aliphatic heterocycles. The van der Waals surface area contributed by atoms with E-state index >= 15 is 0 Å². The van der Waals surface area contributed by atoms with Crippen molar-refractivity contribution >= 4 is 16.9 Å². The summed E-state index contributed by atoms with van der Waals surface area (Å²) in [5.74, 6) is 0.871. The van der Waals surface area contributed by atoms with Crippen molar-refractivity contribution in [2.24, 2.45) is 0 Å². The first kappa shape index (κ1) is 15.1. The fourth-order valence-electron chi connectivity index (χ4n) is 2.63. The van der Waals surface area contributed by atoms with E-state index in [0.717, 1.165) is 5.56 Å². The van der Waals surface area contributed by atoms with Crippen molar-refractivity contribution in [1.29, 1.82) is 0 Å². The molecule has 7 heteroatoms. The number of aryl methyl sites for hydroxylation is 1. The van der Waals surface area contributed by atoms with Gasteiger partial charge in [-0.15, -0.1) is 0 Å². The zero-order valence-corrected chi connectivity index (χ0v) is 13.3. The second-order valence-corrected chi connectivity index (χ2v) is 5.57. The minimum Gasteiger partial charge on any atom is -0.457 e. The van der Waals surface area contributed by atoms with E-state index in [4.69, 9.17) is 10.5 Å². The number of hydrogen-bond donors (Lipinski definition) is 2. The van der Waals surface area contributed by atoms with Crippen LogP contribution < -0.4 is 10.5 Å². The van der Waals surface area contributed by atoms with Crippen molar-refractivity contribution in [2.45, 2.75) is 6.92 Å². The highest BCUT2D eigenvalue weighted by atomic mass is 19.1. The van der Waals surface area contributed by atoms with Gasteiger partial charge in [0.2, 0.25) is 0 Å². The number of nitrogens with one attached hydrogen (secondary N) is 1. The highest BCUT2D eigenvalue weighted by molar-refractivity contribution is 5.97. The maximum absolute atomic E-state index is 14.7. The van der Waals surface area contributed by atoms with Crippen molar-refractivity contribution in [3.8, 4) is 22.8 Å². The number of aromatic nitrogens is 4. The first-order valence-corrected chi connectivity index (χ1v) is 7.61. The van der Waals surface area contributed by atoms with Gasteiger partial charge >= 0.3 is 0 Å². The Kier molecular flexibility index (Phi) is 3.53. The number of rotatable bonds is 3. The standard InChI is InChI=1S/C18H14FN5O/c1-10-4-2-3-5-14(10)25-11-6-7-12(13(19)8-11)16-15-17(20)21-9-22-18(15)24-23-16/h2-9H,1H3,(H3,20,21,22,23,24). The van der Waals surface area contributed by atoms with Crippen LogP contribution in [0.3, 0.4) is 0 Å². The first-order valence-electron chi connectivity index (χ1n) is 7.61. The van der Waals surface area contributed by atoms with Crippen LogP contribution in [0.5, 0.6) is 11.5 Å². The number of benzene rings is 2. The van der Waals surface area contributed by atoms with Gasteiger partial charge in [-0.2, -0.15) is 5.10 Å². The zero-order chi connectivity index (χ0) is 17.4. The molecular formula is C18H14FN5O. The topological polar surface area (TPSA) is 89.7 Å². The van der Waals surface area contributed by atoms with E-state index in [-0.39, 0.29) is 5.82 Å². The quantitative estimate of drug-likeness (QED) is 0.594. The molecule has 2 aromatic heterocycles. The van der Waals surface area contributed by atoms with E-state index in [9.17, 15) is 4.39 Å². The van der Waals surface area contributed by atoms with E-state index in [1.807, 2.05) is 31.2 Å². The van der Waals surface area contributed by atoms with Gasteiger partial charge in [-0.05, 0) is 30.7 Å². The van der Waals surface area contributed by atoms with Crippen molar-refractivity contribution in [1.82, 2.24) is 20.2 Å². The first-order chi connectivity index (χ1) is 12.1. The molecule has 0 bridgehead atoms. The van der Waals surface area contributed by atoms with Crippen molar-refractivity contribution in [3.05, 3.63) is 60.2 Å². The number of aromatic amines is 1. The van der Waals surface area contributed by atoms with Crippen LogP contribution in [-0.2, 0) is 0 Å². The van der Waals surface area contributed by atoms with E-state index in [0.29, 0.717) is 33.8 Å². The van der Waals surface area contributed by atoms with Crippen LogP contribution in [0.2, 0.25) is 0 Å². The van der Waals surface area contributed by atoms with Crippen LogP contribution in [0, 0.1) is 12.7 Å². The van der Waals surface area contributed by atoms with Gasteiger partial charge in [-0.25, -0.2) is 14.4 Å². The van der Waals surface area contributed by atoms with Gasteiger partial charge in [-0.1, -0.05) is 18.2 Å². The molecule has 0 saturated heterocycles. The third kappa shape index (κ3) is 2.65. The van der Waals surface area contributed by atoms with Crippen LogP contribution in [0.15, 0.2) is 48.8 Å². The molecular weight excluding hydrogens is 321 g/mol. The van der Waals surface area contributed by atoms with Crippen LogP contribution in [0.25, 0.3) is 22.3 Å². The molecule has 4 rings (SSSR count). The Morgan fingerprint density at radius 1 is 1.12 bits per heavy atom. The summed E-state index contributed by atoms with van der Waals surface area (Å²) < 4.78 is 20.4. The van der Waals surface area contributed by atoms with Gasteiger partial charge < -0.3 is 10.5 Å². The second-order valence-electron chi connectivity index (χ2n) is 5.57. The molecule has 3 N–H and O–H groups in total. The highest BCUT2D eigenvalue weighted by Crippen LogP contribution is 2.33. The zero-order valence-electron chi connectivity index (χ0n) is 13.3. The van der Waals surface area contributed by atoms with Crippen molar-refractivity contribution in [2.75, 3.05) is 5.73 Å². The number of para-hydroxylation sites is 1. The Morgan fingerprint density at radius 3 is 2.76 bits per heavy atom. The largest absolute Gasteiger partial charge is 0.457 e. The van der Waals surface area contributed by atoms with E-state index < -0.39 is 5.82 Å². The molecule has 4 aromatic rings. The predicted molar refractivity (Wildman–Crippen MR) is 92.7 cm³/mol. The van der Waals surface area contributed by atoms with E-state index in [2.05, 4.69) is 20.2 Å². The summed E-state index contributed by atoms with van der Waals surface area (Å²) >= 11 is 0. The molecule has 6 nitrogen and oxygen atoms in total. The predicted octanol–water partition coefficient (Wildman–Crippen LogP) is 3.84. The third-order valence-corrected chi connectivity index (χ3v) is 3.91. The summed E-state index contributed by atoms with van der Waals surface area (Å²) in [7, 11) is 0. The fourth-order valence-corrected chi connectivity index (χ4v) is 2.63. The molecule has 124 valence electrons. The Bertz CT molecular complexity index is 1080. The van der Waals surface area contributed by atoms with E-state index in [1.165, 1.54) is 12.4 Å². The van der Waals surface area contributed by atoms with Gasteiger partial charge in [0.25, 0.3) is 0 Å². The van der Waals surface area contributed by atoms with Crippen LogP contribution in [-0.4, -0.2) is 20.2 Å². The molecule has 0 radical (unpaired) electrons. The molecule has 0 aliphatic rings. The summed E-state index contributed by atoms with van der Waals surface area (Å²) in [6.45, 7) is 1.93. The Labute approximate surface area is 142 Å². The van der Waals surface area contributed by atoms with Gasteiger partial charge in [-0.3, -0.25) is 5.10 Å². The van der Waals surface area contributed by atoms with Crippen LogP contribution in [0.4, 0.5) is 10.2 Å². The third-order valence-electron chi connectivity index (χ3n) is 3.91. The lowest BCUT2D eigenvalue weighted by molar-refractivity contribution is 0.473. The molecule has 0 aliphatic carbocycles. The summed E-state index contributed by atoms with van der Waals surface area (Å²) in [4.78, 5) is 7.96. The number of hydrogen-bond acceptors (Lipinski definition) is 5. The van der Waals surface area contributed by atoms with Crippen molar-refractivity contribution < 1.29 is 9.13 Å². The monoisotopic (exact) mass is 335 g/mol. The number of H-pyrrole nitrogens is 1. The molecule has 2 aromatic carbocycles. The maximum atomic E-state index is 14.7. The number of nitrogen functional groups attached to an aromatic ring is 1. The molecule has 25 heavy (non-hydrogen) atoms. The second kappa shape index (κ2) is 5.86. The van der Waals surface area contributed by atoms with Crippen LogP contribution >= 0.6 is 0 Å². The molecule has 0 atom stereocenters. The number of nitrogens with two attached hydrogens (primary N) is 1. The van der Waals surface area contributed by atoms with Crippen molar-refractivity contribution in [3.63, 3.8) is 0 Å². The number of nitrogens with zero attached hydrogens (tertiary/aromatic N) is 3. The van der Waals surface area contributed by atoms with Gasteiger partial charge in [0, 0.05) is 11.6 Å². The number of ether oxygens (including phenoxy) is 1. The smallest absolute Gasteiger partial charge is 0.186 e. The average molecular weight is 335 g/mol. The molecule has 0 amide bonds. The molecule has 0 unspecified atom stereocenters. The fraction of sp³-hybridized carbons (Fsp3) is 0.0556. The highest BCUT2D eigenvalue weighted by Gasteiger charge is 2.16. The molecule has 0 spiro atoms. The average Bonchev–Trinajstić information content (AvgIpc) is 3.02. The van der Waals surface area contributed by atoms with Crippen LogP contribution in [0.1, 0.15) is 5.56 Å². The number of anilines is 1. The van der Waals surface area contributed by atoms with Gasteiger partial charge in [0.1, 0.15) is 29.5 Å². The normalized spacial score (nSPS) is 11.0. The minimum atomic E-state index is -0.458.